The Labute approximate surface area is 117 Å². The van der Waals surface area contributed by atoms with Gasteiger partial charge in [-0.2, -0.15) is 0 Å². The second kappa shape index (κ2) is 5.97. The van der Waals surface area contributed by atoms with Crippen LogP contribution in [0, 0.1) is 6.92 Å². The Morgan fingerprint density at radius 2 is 1.60 bits per heavy atom. The number of rotatable bonds is 4. The van der Waals surface area contributed by atoms with Crippen LogP contribution in [-0.4, -0.2) is 11.6 Å². The fourth-order valence-corrected chi connectivity index (χ4v) is 1.84. The maximum atomic E-state index is 12.0. The third-order valence-electron chi connectivity index (χ3n) is 2.89. The fourth-order valence-electron chi connectivity index (χ4n) is 1.84. The summed E-state index contributed by atoms with van der Waals surface area (Å²) < 4.78 is 0. The molecular formula is C17H15NO2. The summed E-state index contributed by atoms with van der Waals surface area (Å²) in [6.07, 6.45) is 1.18. The van der Waals surface area contributed by atoms with E-state index in [9.17, 15) is 9.59 Å². The molecule has 0 unspecified atom stereocenters. The van der Waals surface area contributed by atoms with Crippen LogP contribution in [0.3, 0.4) is 0 Å². The maximum Gasteiger partial charge on any atom is 0.208 e. The van der Waals surface area contributed by atoms with Crippen molar-refractivity contribution in [1.82, 2.24) is 0 Å². The fraction of sp³-hybridized carbons (Fsp3) is 0.0588. The van der Waals surface area contributed by atoms with Crippen molar-refractivity contribution in [3.05, 3.63) is 83.1 Å². The van der Waals surface area contributed by atoms with E-state index in [1.807, 2.05) is 19.1 Å². The molecule has 2 rings (SSSR count). The van der Waals surface area contributed by atoms with Crippen LogP contribution in [0.4, 0.5) is 0 Å². The Morgan fingerprint density at radius 3 is 2.25 bits per heavy atom. The Morgan fingerprint density at radius 1 is 0.950 bits per heavy atom. The molecule has 0 aliphatic heterocycles. The number of hydrogen-bond donors (Lipinski definition) is 1. The van der Waals surface area contributed by atoms with Gasteiger partial charge in [0.2, 0.25) is 5.78 Å². The molecule has 3 nitrogen and oxygen atoms in total. The first-order chi connectivity index (χ1) is 9.58. The predicted molar refractivity (Wildman–Crippen MR) is 78.6 cm³/mol. The van der Waals surface area contributed by atoms with Crippen LogP contribution >= 0.6 is 0 Å². The third-order valence-corrected chi connectivity index (χ3v) is 2.89. The highest BCUT2D eigenvalue weighted by Gasteiger charge is 2.11. The Hall–Kier alpha value is -2.68. The van der Waals surface area contributed by atoms with Crippen LogP contribution in [0.25, 0.3) is 0 Å². The highest BCUT2D eigenvalue weighted by molar-refractivity contribution is 6.14. The topological polar surface area (TPSA) is 60.2 Å². The average molecular weight is 265 g/mol. The van der Waals surface area contributed by atoms with E-state index in [0.29, 0.717) is 11.1 Å². The summed E-state index contributed by atoms with van der Waals surface area (Å²) in [6, 6.07) is 15.8. The number of ketones is 2. The van der Waals surface area contributed by atoms with E-state index in [-0.39, 0.29) is 17.3 Å². The smallest absolute Gasteiger partial charge is 0.208 e. The summed E-state index contributed by atoms with van der Waals surface area (Å²) in [5.74, 6) is -0.609. The summed E-state index contributed by atoms with van der Waals surface area (Å²) in [5, 5.41) is 0. The highest BCUT2D eigenvalue weighted by atomic mass is 16.1. The molecule has 2 aromatic carbocycles. The molecular weight excluding hydrogens is 250 g/mol. The van der Waals surface area contributed by atoms with E-state index in [1.54, 1.807) is 42.5 Å². The molecule has 0 atom stereocenters. The summed E-state index contributed by atoms with van der Waals surface area (Å²) >= 11 is 0. The first kappa shape index (κ1) is 13.7. The summed E-state index contributed by atoms with van der Waals surface area (Å²) in [5.41, 5.74) is 7.64. The summed E-state index contributed by atoms with van der Waals surface area (Å²) in [7, 11) is 0. The van der Waals surface area contributed by atoms with E-state index in [2.05, 4.69) is 0 Å². The van der Waals surface area contributed by atoms with Crippen molar-refractivity contribution in [1.29, 1.82) is 0 Å². The van der Waals surface area contributed by atoms with Gasteiger partial charge in [0.1, 0.15) is 0 Å². The van der Waals surface area contributed by atoms with Gasteiger partial charge >= 0.3 is 0 Å². The average Bonchev–Trinajstić information content (AvgIpc) is 2.47. The Balaban J connectivity index is 2.22. The minimum absolute atomic E-state index is 0.0530. The molecule has 2 N–H and O–H groups in total. The lowest BCUT2D eigenvalue weighted by molar-refractivity contribution is 0.101. The van der Waals surface area contributed by atoms with Gasteiger partial charge in [0.05, 0.1) is 5.70 Å². The Kier molecular flexibility index (Phi) is 4.11. The normalized spacial score (nSPS) is 11.2. The first-order valence-corrected chi connectivity index (χ1v) is 6.26. The molecule has 100 valence electrons. The summed E-state index contributed by atoms with van der Waals surface area (Å²) in [4.78, 5) is 24.1. The van der Waals surface area contributed by atoms with Gasteiger partial charge in [0.25, 0.3) is 0 Å². The van der Waals surface area contributed by atoms with Crippen LogP contribution in [0.5, 0.6) is 0 Å². The van der Waals surface area contributed by atoms with Gasteiger partial charge in [-0.1, -0.05) is 54.1 Å². The van der Waals surface area contributed by atoms with E-state index in [0.717, 1.165) is 5.56 Å². The lowest BCUT2D eigenvalue weighted by Crippen LogP contribution is -2.13. The predicted octanol–water partition coefficient (Wildman–Crippen LogP) is 2.90. The number of aryl methyl sites for hydroxylation is 1. The molecule has 2 aromatic rings. The van der Waals surface area contributed by atoms with Crippen molar-refractivity contribution < 1.29 is 9.59 Å². The van der Waals surface area contributed by atoms with Crippen molar-refractivity contribution in [2.24, 2.45) is 5.73 Å². The van der Waals surface area contributed by atoms with Gasteiger partial charge in [-0.05, 0) is 13.0 Å². The molecule has 0 aromatic heterocycles. The van der Waals surface area contributed by atoms with Crippen molar-refractivity contribution in [3.8, 4) is 0 Å². The molecule has 0 bridgehead atoms. The van der Waals surface area contributed by atoms with Gasteiger partial charge < -0.3 is 5.73 Å². The monoisotopic (exact) mass is 265 g/mol. The number of carbonyl (C=O) groups is 2. The minimum atomic E-state index is -0.341. The van der Waals surface area contributed by atoms with Crippen molar-refractivity contribution in [3.63, 3.8) is 0 Å². The number of hydrogen-bond acceptors (Lipinski definition) is 3. The highest BCUT2D eigenvalue weighted by Crippen LogP contribution is 2.09. The van der Waals surface area contributed by atoms with E-state index in [4.69, 9.17) is 5.73 Å². The largest absolute Gasteiger partial charge is 0.395 e. The molecule has 3 heteroatoms. The number of Topliss-reactive ketones (excluding diaryl/α,β-unsaturated/α-hetero) is 1. The molecule has 0 spiro atoms. The molecule has 0 heterocycles. The third kappa shape index (κ3) is 3.20. The van der Waals surface area contributed by atoms with Crippen LogP contribution in [-0.2, 0) is 0 Å². The van der Waals surface area contributed by atoms with E-state index >= 15 is 0 Å². The van der Waals surface area contributed by atoms with Crippen LogP contribution in [0.1, 0.15) is 26.3 Å². The zero-order valence-corrected chi connectivity index (χ0v) is 11.2. The van der Waals surface area contributed by atoms with Gasteiger partial charge in [0.15, 0.2) is 5.78 Å². The lowest BCUT2D eigenvalue weighted by Gasteiger charge is -2.02. The van der Waals surface area contributed by atoms with Crippen LogP contribution in [0.2, 0.25) is 0 Å². The second-order valence-electron chi connectivity index (χ2n) is 4.53. The van der Waals surface area contributed by atoms with Crippen LogP contribution < -0.4 is 5.73 Å². The lowest BCUT2D eigenvalue weighted by atomic mass is 10.0. The Bertz CT molecular complexity index is 672. The van der Waals surface area contributed by atoms with E-state index < -0.39 is 0 Å². The number of carbonyl (C=O) groups excluding carboxylic acids is 2. The standard InChI is InChI=1S/C17H15NO2/c1-12-6-5-9-14(10-12)16(19)11-15(18)17(20)13-7-3-2-4-8-13/h2-11H,18H2,1H3. The zero-order chi connectivity index (χ0) is 14.5. The SMILES string of the molecule is Cc1cccc(C(=O)C=C(N)C(=O)c2ccccc2)c1. The molecule has 0 amide bonds. The van der Waals surface area contributed by atoms with Crippen molar-refractivity contribution in [2.45, 2.75) is 6.92 Å². The van der Waals surface area contributed by atoms with Gasteiger partial charge in [0, 0.05) is 17.2 Å². The molecule has 0 saturated heterocycles. The van der Waals surface area contributed by atoms with Crippen molar-refractivity contribution in [2.75, 3.05) is 0 Å². The molecule has 0 aliphatic carbocycles. The van der Waals surface area contributed by atoms with Crippen molar-refractivity contribution >= 4 is 11.6 Å². The number of nitrogens with two attached hydrogens (primary N) is 1. The maximum absolute atomic E-state index is 12.0. The van der Waals surface area contributed by atoms with Gasteiger partial charge in [-0.3, -0.25) is 9.59 Å². The number of benzene rings is 2. The molecule has 0 radical (unpaired) electrons. The molecule has 0 fully saturated rings. The minimum Gasteiger partial charge on any atom is -0.395 e. The first-order valence-electron chi connectivity index (χ1n) is 6.26. The zero-order valence-electron chi connectivity index (χ0n) is 11.2. The van der Waals surface area contributed by atoms with Gasteiger partial charge in [-0.15, -0.1) is 0 Å². The quantitative estimate of drug-likeness (QED) is 0.683. The molecule has 20 heavy (non-hydrogen) atoms. The second-order valence-corrected chi connectivity index (χ2v) is 4.53. The summed E-state index contributed by atoms with van der Waals surface area (Å²) in [6.45, 7) is 1.90. The van der Waals surface area contributed by atoms with Gasteiger partial charge in [-0.25, -0.2) is 0 Å². The van der Waals surface area contributed by atoms with E-state index in [1.165, 1.54) is 6.08 Å². The molecule has 0 aliphatic rings. The molecule has 0 saturated carbocycles. The number of allylic oxidation sites excluding steroid dienone is 2. The van der Waals surface area contributed by atoms with Crippen LogP contribution in [0.15, 0.2) is 66.4 Å².